The van der Waals surface area contributed by atoms with Crippen molar-refractivity contribution in [1.82, 2.24) is 14.3 Å². The maximum Gasteiger partial charge on any atom is 0.227 e. The molecule has 0 spiro atoms. The van der Waals surface area contributed by atoms with Gasteiger partial charge in [-0.3, -0.25) is 0 Å². The largest absolute Gasteiger partial charge is 0.508 e. The van der Waals surface area contributed by atoms with E-state index >= 15 is 0 Å². The quantitative estimate of drug-likeness (QED) is 0.651. The van der Waals surface area contributed by atoms with E-state index in [1.54, 1.807) is 36.4 Å². The van der Waals surface area contributed by atoms with Crippen LogP contribution in [0.15, 0.2) is 59.5 Å². The second kappa shape index (κ2) is 8.76. The van der Waals surface area contributed by atoms with Crippen LogP contribution in [0.3, 0.4) is 0 Å². The lowest BCUT2D eigenvalue weighted by Crippen LogP contribution is -2.47. The van der Waals surface area contributed by atoms with Crippen LogP contribution in [0.2, 0.25) is 0 Å². The van der Waals surface area contributed by atoms with Crippen LogP contribution in [0.25, 0.3) is 0 Å². The van der Waals surface area contributed by atoms with E-state index in [4.69, 9.17) is 0 Å². The molecular formula is C21H22FN5O2S. The van der Waals surface area contributed by atoms with Gasteiger partial charge in [-0.05, 0) is 55.5 Å². The van der Waals surface area contributed by atoms with Crippen LogP contribution in [-0.2, 0) is 11.0 Å². The fraction of sp³-hybridized carbons (Fsp3) is 0.238. The highest BCUT2D eigenvalue weighted by atomic mass is 32.2. The first-order chi connectivity index (χ1) is 14.5. The van der Waals surface area contributed by atoms with Crippen LogP contribution >= 0.6 is 0 Å². The van der Waals surface area contributed by atoms with Crippen molar-refractivity contribution >= 4 is 28.4 Å². The zero-order chi connectivity index (χ0) is 21.1. The van der Waals surface area contributed by atoms with Gasteiger partial charge in [0.25, 0.3) is 0 Å². The summed E-state index contributed by atoms with van der Waals surface area (Å²) in [5.41, 5.74) is 1.56. The highest BCUT2D eigenvalue weighted by molar-refractivity contribution is 7.82. The lowest BCUT2D eigenvalue weighted by atomic mass is 10.3. The van der Waals surface area contributed by atoms with Gasteiger partial charge in [-0.2, -0.15) is 4.98 Å². The first kappa shape index (κ1) is 20.2. The number of aryl methyl sites for hydroxylation is 1. The van der Waals surface area contributed by atoms with Gasteiger partial charge in [0, 0.05) is 43.6 Å². The minimum atomic E-state index is -1.27. The molecule has 9 heteroatoms. The molecule has 1 aliphatic heterocycles. The first-order valence-corrected chi connectivity index (χ1v) is 10.7. The molecule has 2 N–H and O–H groups in total. The number of nitrogens with zero attached hydrogens (tertiary/aromatic N) is 4. The van der Waals surface area contributed by atoms with E-state index in [0.717, 1.165) is 11.4 Å². The van der Waals surface area contributed by atoms with E-state index in [-0.39, 0.29) is 11.6 Å². The molecule has 0 saturated carbocycles. The molecule has 30 heavy (non-hydrogen) atoms. The molecule has 4 rings (SSSR count). The van der Waals surface area contributed by atoms with Crippen molar-refractivity contribution in [1.29, 1.82) is 0 Å². The van der Waals surface area contributed by atoms with E-state index < -0.39 is 11.0 Å². The number of aromatic hydroxyl groups is 1. The molecule has 2 aromatic carbocycles. The molecule has 1 saturated heterocycles. The summed E-state index contributed by atoms with van der Waals surface area (Å²) in [6.07, 6.45) is 0. The molecule has 1 aliphatic rings. The molecule has 3 aromatic rings. The molecule has 2 heterocycles. The van der Waals surface area contributed by atoms with E-state index in [9.17, 15) is 13.7 Å². The van der Waals surface area contributed by atoms with Crippen LogP contribution in [0.1, 0.15) is 5.69 Å². The summed E-state index contributed by atoms with van der Waals surface area (Å²) in [4.78, 5) is 11.9. The number of nitrogens with one attached hydrogen (secondary N) is 1. The number of halogens is 1. The van der Waals surface area contributed by atoms with Crippen LogP contribution in [0.4, 0.5) is 21.8 Å². The maximum atomic E-state index is 13.1. The predicted octanol–water partition coefficient (Wildman–Crippen LogP) is 3.22. The Balaban J connectivity index is 1.42. The van der Waals surface area contributed by atoms with E-state index in [1.165, 1.54) is 12.1 Å². The fourth-order valence-corrected chi connectivity index (χ4v) is 4.37. The number of phenolic OH excluding ortho intramolecular Hbond substituents is 1. The molecular weight excluding hydrogens is 405 g/mol. The van der Waals surface area contributed by atoms with Gasteiger partial charge in [0.15, 0.2) is 0 Å². The molecule has 7 nitrogen and oxygen atoms in total. The van der Waals surface area contributed by atoms with Gasteiger partial charge in [0.1, 0.15) is 28.4 Å². The molecule has 0 amide bonds. The van der Waals surface area contributed by atoms with E-state index in [1.807, 2.05) is 17.3 Å². The number of phenols is 1. The molecule has 1 aromatic heterocycles. The third kappa shape index (κ3) is 4.74. The zero-order valence-electron chi connectivity index (χ0n) is 16.5. The summed E-state index contributed by atoms with van der Waals surface area (Å²) >= 11 is 0. The molecule has 156 valence electrons. The van der Waals surface area contributed by atoms with Gasteiger partial charge in [-0.1, -0.05) is 0 Å². The number of rotatable bonds is 5. The Kier molecular flexibility index (Phi) is 5.91. The normalized spacial score (nSPS) is 15.7. The number of anilines is 3. The minimum absolute atomic E-state index is 0.155. The van der Waals surface area contributed by atoms with Gasteiger partial charge >= 0.3 is 0 Å². The summed E-state index contributed by atoms with van der Waals surface area (Å²) in [5.74, 6) is 1.11. The summed E-state index contributed by atoms with van der Waals surface area (Å²) in [6, 6.07) is 14.4. The molecule has 0 bridgehead atoms. The predicted molar refractivity (Wildman–Crippen MR) is 115 cm³/mol. The summed E-state index contributed by atoms with van der Waals surface area (Å²) in [5, 5.41) is 12.6. The third-order valence-electron chi connectivity index (χ3n) is 4.75. The number of aromatic nitrogens is 2. The Morgan fingerprint density at radius 3 is 2.33 bits per heavy atom. The third-order valence-corrected chi connectivity index (χ3v) is 6.26. The topological polar surface area (TPSA) is 81.6 Å². The second-order valence-electron chi connectivity index (χ2n) is 6.99. The van der Waals surface area contributed by atoms with Crippen molar-refractivity contribution in [3.05, 3.63) is 66.1 Å². The SMILES string of the molecule is Cc1cc(Nc2ccc(F)cc2)nc(N2CCN(S(=O)c3ccc(O)cc3)CC2)n1. The first-order valence-electron chi connectivity index (χ1n) is 9.57. The van der Waals surface area contributed by atoms with Gasteiger partial charge in [0.05, 0.1) is 4.90 Å². The highest BCUT2D eigenvalue weighted by Crippen LogP contribution is 2.21. The standard InChI is InChI=1S/C21H22FN5O2S/c1-15-14-20(24-17-4-2-16(22)3-5-17)25-21(23-15)26-10-12-27(13-11-26)30(29)19-8-6-18(28)7-9-19/h2-9,14,28H,10-13H2,1H3,(H,23,24,25). The van der Waals surface area contributed by atoms with Crippen molar-refractivity contribution < 1.29 is 13.7 Å². The van der Waals surface area contributed by atoms with Crippen molar-refractivity contribution in [3.63, 3.8) is 0 Å². The molecule has 1 atom stereocenters. The Morgan fingerprint density at radius 1 is 1.00 bits per heavy atom. The number of benzene rings is 2. The van der Waals surface area contributed by atoms with Crippen molar-refractivity contribution in [2.75, 3.05) is 36.4 Å². The van der Waals surface area contributed by atoms with Crippen LogP contribution in [0, 0.1) is 12.7 Å². The Morgan fingerprint density at radius 2 is 1.67 bits per heavy atom. The number of hydrogen-bond donors (Lipinski definition) is 2. The fourth-order valence-electron chi connectivity index (χ4n) is 3.20. The maximum absolute atomic E-state index is 13.1. The summed E-state index contributed by atoms with van der Waals surface area (Å²) in [6.45, 7) is 4.39. The van der Waals surface area contributed by atoms with Crippen LogP contribution in [-0.4, -0.2) is 49.8 Å². The average molecular weight is 428 g/mol. The Hall–Kier alpha value is -3.04. The molecule has 0 radical (unpaired) electrons. The van der Waals surface area contributed by atoms with Crippen molar-refractivity contribution in [2.24, 2.45) is 0 Å². The zero-order valence-corrected chi connectivity index (χ0v) is 17.3. The molecule has 1 unspecified atom stereocenters. The van der Waals surface area contributed by atoms with Gasteiger partial charge < -0.3 is 15.3 Å². The summed E-state index contributed by atoms with van der Waals surface area (Å²) < 4.78 is 27.8. The Labute approximate surface area is 176 Å². The van der Waals surface area contributed by atoms with Crippen LogP contribution in [0.5, 0.6) is 5.75 Å². The van der Waals surface area contributed by atoms with Crippen LogP contribution < -0.4 is 10.2 Å². The Bertz CT molecular complexity index is 1040. The minimum Gasteiger partial charge on any atom is -0.508 e. The molecule has 1 fully saturated rings. The number of hydrogen-bond acceptors (Lipinski definition) is 6. The van der Waals surface area contributed by atoms with Gasteiger partial charge in [-0.25, -0.2) is 17.9 Å². The van der Waals surface area contributed by atoms with Crippen molar-refractivity contribution in [3.8, 4) is 5.75 Å². The monoisotopic (exact) mass is 427 g/mol. The molecule has 0 aliphatic carbocycles. The van der Waals surface area contributed by atoms with Gasteiger partial charge in [0.2, 0.25) is 5.95 Å². The average Bonchev–Trinajstić information content (AvgIpc) is 2.75. The lowest BCUT2D eigenvalue weighted by molar-refractivity contribution is 0.407. The van der Waals surface area contributed by atoms with Crippen molar-refractivity contribution in [2.45, 2.75) is 11.8 Å². The summed E-state index contributed by atoms with van der Waals surface area (Å²) in [7, 11) is -1.27. The smallest absolute Gasteiger partial charge is 0.227 e. The van der Waals surface area contributed by atoms with E-state index in [2.05, 4.69) is 20.2 Å². The second-order valence-corrected chi connectivity index (χ2v) is 8.47. The highest BCUT2D eigenvalue weighted by Gasteiger charge is 2.24. The number of piperazine rings is 1. The van der Waals surface area contributed by atoms with E-state index in [0.29, 0.717) is 42.8 Å². The van der Waals surface area contributed by atoms with Gasteiger partial charge in [-0.15, -0.1) is 0 Å². The lowest BCUT2D eigenvalue weighted by Gasteiger charge is -2.33.